The zero-order valence-electron chi connectivity index (χ0n) is 18.5. The van der Waals surface area contributed by atoms with Gasteiger partial charge in [-0.15, -0.1) is 11.8 Å². The van der Waals surface area contributed by atoms with E-state index in [2.05, 4.69) is 16.0 Å². The van der Waals surface area contributed by atoms with Crippen molar-refractivity contribution in [3.8, 4) is 5.75 Å². The number of benzene rings is 1. The van der Waals surface area contributed by atoms with Gasteiger partial charge in [0, 0.05) is 30.8 Å². The van der Waals surface area contributed by atoms with Crippen LogP contribution in [-0.2, 0) is 24.0 Å². The average Bonchev–Trinajstić information content (AvgIpc) is 2.68. The summed E-state index contributed by atoms with van der Waals surface area (Å²) in [6.07, 6.45) is -0.540. The smallest absolute Gasteiger partial charge is 0.548 e. The Bertz CT molecular complexity index is 859. The standard InChI is InChI=1S/C18H24N4O8S.2Na/c1-9(23)21-10-2-4-13(24)14(6-10)31-8-12(17(28)20-7-16(26)27)22-15(25)5-3-11(19)18(29)30;;/h2,4,6,11-12,24H,3,5,7-8,19H2,1H3,(H,20,28)(H,21,23)(H,22,25)(H,26,27)(H,29,30);;/q;2*+1/p-2. The van der Waals surface area contributed by atoms with Crippen LogP contribution in [0, 0.1) is 0 Å². The third-order valence-corrected chi connectivity index (χ3v) is 4.87. The first-order valence-corrected chi connectivity index (χ1v) is 9.95. The number of carboxylic acid groups (broad SMARTS) is 2. The normalized spacial score (nSPS) is 11.6. The molecule has 12 nitrogen and oxygen atoms in total. The molecular weight excluding hydrogens is 478 g/mol. The Hall–Kier alpha value is -1.32. The van der Waals surface area contributed by atoms with E-state index in [1.807, 2.05) is 0 Å². The van der Waals surface area contributed by atoms with Crippen LogP contribution in [0.15, 0.2) is 23.1 Å². The number of carbonyl (C=O) groups is 5. The summed E-state index contributed by atoms with van der Waals surface area (Å²) in [5, 5.41) is 38.2. The van der Waals surface area contributed by atoms with Gasteiger partial charge in [0.1, 0.15) is 11.8 Å². The van der Waals surface area contributed by atoms with Crippen LogP contribution in [0.2, 0.25) is 0 Å². The Morgan fingerprint density at radius 2 is 1.79 bits per heavy atom. The summed E-state index contributed by atoms with van der Waals surface area (Å²) in [4.78, 5) is 57.0. The first kappa shape index (κ1) is 33.9. The van der Waals surface area contributed by atoms with Crippen LogP contribution in [0.25, 0.3) is 0 Å². The maximum atomic E-state index is 12.3. The van der Waals surface area contributed by atoms with Gasteiger partial charge in [-0.2, -0.15) is 0 Å². The Morgan fingerprint density at radius 3 is 2.33 bits per heavy atom. The molecule has 0 aliphatic rings. The minimum Gasteiger partial charge on any atom is -0.548 e. The number of nitrogens with one attached hydrogen (secondary N) is 3. The van der Waals surface area contributed by atoms with Crippen LogP contribution in [0.5, 0.6) is 5.75 Å². The molecule has 0 aromatic heterocycles. The van der Waals surface area contributed by atoms with Crippen molar-refractivity contribution in [1.82, 2.24) is 10.6 Å². The van der Waals surface area contributed by atoms with Crippen molar-refractivity contribution in [2.45, 2.75) is 36.7 Å². The molecule has 0 heterocycles. The number of rotatable bonds is 12. The fourth-order valence-corrected chi connectivity index (χ4v) is 3.23. The van der Waals surface area contributed by atoms with Gasteiger partial charge in [0.25, 0.3) is 0 Å². The van der Waals surface area contributed by atoms with E-state index >= 15 is 0 Å². The number of aliphatic carboxylic acids is 2. The third-order valence-electron chi connectivity index (χ3n) is 3.73. The molecule has 0 radical (unpaired) electrons. The summed E-state index contributed by atoms with van der Waals surface area (Å²) in [6, 6.07) is 1.67. The molecule has 1 aromatic carbocycles. The maximum Gasteiger partial charge on any atom is 1.00 e. The van der Waals surface area contributed by atoms with Crippen molar-refractivity contribution in [2.75, 3.05) is 17.6 Å². The van der Waals surface area contributed by atoms with Gasteiger partial charge < -0.3 is 46.6 Å². The first-order valence-electron chi connectivity index (χ1n) is 8.96. The second kappa shape index (κ2) is 17.2. The van der Waals surface area contributed by atoms with Crippen molar-refractivity contribution in [1.29, 1.82) is 0 Å². The van der Waals surface area contributed by atoms with Gasteiger partial charge >= 0.3 is 59.1 Å². The van der Waals surface area contributed by atoms with Gasteiger partial charge in [0.2, 0.25) is 17.7 Å². The van der Waals surface area contributed by atoms with E-state index in [9.17, 15) is 39.3 Å². The summed E-state index contributed by atoms with van der Waals surface area (Å²) in [5.74, 6) is -5.17. The number of anilines is 1. The summed E-state index contributed by atoms with van der Waals surface area (Å²) >= 11 is 0.962. The molecule has 170 valence electrons. The SMILES string of the molecule is CC(=O)Nc1ccc(O)c(SCC(NC(=O)CCC(N)C(=O)[O-])C(=O)NCC(=O)[O-])c1.[Na+].[Na+]. The van der Waals surface area contributed by atoms with Crippen molar-refractivity contribution < 1.29 is 98.4 Å². The Labute approximate surface area is 238 Å². The molecule has 15 heteroatoms. The van der Waals surface area contributed by atoms with Gasteiger partial charge in [-0.1, -0.05) is 0 Å². The molecule has 0 bridgehead atoms. The van der Waals surface area contributed by atoms with E-state index in [-0.39, 0.29) is 94.3 Å². The molecule has 0 aliphatic heterocycles. The number of phenolic OH excluding ortho intramolecular Hbond substituents is 1. The molecule has 3 amide bonds. The average molecular weight is 500 g/mol. The van der Waals surface area contributed by atoms with E-state index in [0.29, 0.717) is 5.69 Å². The van der Waals surface area contributed by atoms with E-state index < -0.39 is 42.4 Å². The Morgan fingerprint density at radius 1 is 1.15 bits per heavy atom. The van der Waals surface area contributed by atoms with E-state index in [1.54, 1.807) is 0 Å². The largest absolute Gasteiger partial charge is 1.00 e. The second-order valence-corrected chi connectivity index (χ2v) is 7.41. The van der Waals surface area contributed by atoms with Crippen molar-refractivity contribution in [3.05, 3.63) is 18.2 Å². The van der Waals surface area contributed by atoms with Gasteiger partial charge in [-0.25, -0.2) is 0 Å². The summed E-state index contributed by atoms with van der Waals surface area (Å²) in [7, 11) is 0. The topological polar surface area (TPSA) is 214 Å². The molecule has 0 spiro atoms. The minimum absolute atomic E-state index is 0. The summed E-state index contributed by atoms with van der Waals surface area (Å²) < 4.78 is 0. The number of hydrogen-bond acceptors (Lipinski definition) is 10. The predicted molar refractivity (Wildman–Crippen MR) is 105 cm³/mol. The molecule has 2 unspecified atom stereocenters. The number of aromatic hydroxyl groups is 1. The number of carbonyl (C=O) groups excluding carboxylic acids is 5. The summed E-state index contributed by atoms with van der Waals surface area (Å²) in [5.41, 5.74) is 5.68. The van der Waals surface area contributed by atoms with Gasteiger partial charge in [0.15, 0.2) is 0 Å². The molecule has 1 rings (SSSR count). The van der Waals surface area contributed by atoms with Crippen LogP contribution in [-0.4, -0.2) is 59.1 Å². The number of thioether (sulfide) groups is 1. The van der Waals surface area contributed by atoms with Gasteiger partial charge in [-0.3, -0.25) is 14.4 Å². The maximum absolute atomic E-state index is 12.3. The minimum atomic E-state index is -1.54. The number of hydrogen-bond donors (Lipinski definition) is 5. The van der Waals surface area contributed by atoms with E-state index in [4.69, 9.17) is 5.73 Å². The first-order chi connectivity index (χ1) is 14.5. The second-order valence-electron chi connectivity index (χ2n) is 6.35. The molecule has 0 saturated carbocycles. The molecular formula is C18H22N4Na2O8S. The van der Waals surface area contributed by atoms with E-state index in [0.717, 1.165) is 11.8 Å². The number of phenols is 1. The van der Waals surface area contributed by atoms with E-state index in [1.165, 1.54) is 25.1 Å². The third kappa shape index (κ3) is 13.9. The Kier molecular flexibility index (Phi) is 17.6. The molecule has 33 heavy (non-hydrogen) atoms. The molecule has 0 fully saturated rings. The molecule has 0 aliphatic carbocycles. The fourth-order valence-electron chi connectivity index (χ4n) is 2.22. The molecule has 0 saturated heterocycles. The van der Waals surface area contributed by atoms with Crippen molar-refractivity contribution in [3.63, 3.8) is 0 Å². The van der Waals surface area contributed by atoms with Crippen LogP contribution in [0.4, 0.5) is 5.69 Å². The monoisotopic (exact) mass is 500 g/mol. The summed E-state index contributed by atoms with van der Waals surface area (Å²) in [6.45, 7) is 0.522. The number of nitrogens with two attached hydrogens (primary N) is 1. The zero-order valence-corrected chi connectivity index (χ0v) is 23.3. The quantitative estimate of drug-likeness (QED) is 0.104. The fraction of sp³-hybridized carbons (Fsp3) is 0.389. The molecule has 6 N–H and O–H groups in total. The molecule has 2 atom stereocenters. The number of carboxylic acids is 2. The van der Waals surface area contributed by atoms with Gasteiger partial charge in [-0.05, 0) is 24.6 Å². The molecule has 1 aromatic rings. The Balaban J connectivity index is 0. The van der Waals surface area contributed by atoms with Crippen LogP contribution >= 0.6 is 11.8 Å². The van der Waals surface area contributed by atoms with Crippen LogP contribution in [0.3, 0.4) is 0 Å². The predicted octanol–water partition coefficient (Wildman–Crippen LogP) is -9.34. The van der Waals surface area contributed by atoms with Crippen molar-refractivity contribution in [2.24, 2.45) is 5.73 Å². The zero-order chi connectivity index (χ0) is 23.6. The van der Waals surface area contributed by atoms with Crippen LogP contribution < -0.4 is 91.0 Å². The van der Waals surface area contributed by atoms with Gasteiger partial charge in [0.05, 0.1) is 23.4 Å². The van der Waals surface area contributed by atoms with Crippen molar-refractivity contribution >= 4 is 47.1 Å². The number of amides is 3. The van der Waals surface area contributed by atoms with Crippen LogP contribution in [0.1, 0.15) is 19.8 Å².